The molecule has 8 unspecified atom stereocenters. The van der Waals surface area contributed by atoms with Crippen molar-refractivity contribution in [2.75, 3.05) is 32.7 Å². The molecule has 5 aliphatic heterocycles. The predicted molar refractivity (Wildman–Crippen MR) is 133 cm³/mol. The van der Waals surface area contributed by atoms with Gasteiger partial charge in [-0.15, -0.1) is 0 Å². The molecule has 0 bridgehead atoms. The van der Waals surface area contributed by atoms with Gasteiger partial charge < -0.3 is 15.8 Å². The second-order valence-corrected chi connectivity index (χ2v) is 12.0. The van der Waals surface area contributed by atoms with E-state index in [0.29, 0.717) is 30.3 Å². The Morgan fingerprint density at radius 1 is 0.943 bits per heavy atom. The maximum Gasteiger partial charge on any atom is 0.220 e. The lowest BCUT2D eigenvalue weighted by Gasteiger charge is -2.42. The summed E-state index contributed by atoms with van der Waals surface area (Å²) in [5.41, 5.74) is 8.91. The summed E-state index contributed by atoms with van der Waals surface area (Å²) in [5.74, 6) is 1.24. The molecule has 1 aliphatic carbocycles. The molecule has 6 fully saturated rings. The lowest BCUT2D eigenvalue weighted by Crippen LogP contribution is -2.57. The molecule has 1 saturated carbocycles. The molecule has 5 saturated heterocycles. The number of likely N-dealkylation sites (tertiary alicyclic amines) is 2. The van der Waals surface area contributed by atoms with E-state index in [1.807, 2.05) is 0 Å². The number of fused-ring (bicyclic) bond motifs is 1. The largest absolute Gasteiger partial charge is 0.373 e. The summed E-state index contributed by atoms with van der Waals surface area (Å²) in [6.07, 6.45) is 14.6. The van der Waals surface area contributed by atoms with Gasteiger partial charge in [0.2, 0.25) is 5.91 Å². The Balaban J connectivity index is 0.992. The molecule has 5 N–H and O–H groups in total. The quantitative estimate of drug-likeness (QED) is 0.439. The normalized spacial score (nSPS) is 44.0. The van der Waals surface area contributed by atoms with Crippen molar-refractivity contribution in [1.82, 2.24) is 25.9 Å². The second kappa shape index (κ2) is 10.9. The van der Waals surface area contributed by atoms with Gasteiger partial charge in [-0.05, 0) is 82.7 Å². The van der Waals surface area contributed by atoms with Crippen LogP contribution < -0.4 is 21.8 Å². The van der Waals surface area contributed by atoms with E-state index in [-0.39, 0.29) is 24.2 Å². The predicted octanol–water partition coefficient (Wildman–Crippen LogP) is 1.10. The zero-order chi connectivity index (χ0) is 23.8. The molecular formula is C26H46N6O3. The molecule has 0 aromatic rings. The van der Waals surface area contributed by atoms with Crippen LogP contribution in [0.2, 0.25) is 0 Å². The molecule has 8 atom stereocenters. The third kappa shape index (κ3) is 5.42. The Labute approximate surface area is 210 Å². The van der Waals surface area contributed by atoms with Crippen molar-refractivity contribution in [2.24, 2.45) is 23.5 Å². The van der Waals surface area contributed by atoms with Gasteiger partial charge in [0.1, 0.15) is 6.23 Å². The third-order valence-electron chi connectivity index (χ3n) is 9.91. The molecule has 6 rings (SSSR count). The molecule has 0 aromatic carbocycles. The first-order valence-electron chi connectivity index (χ1n) is 14.5. The number of piperidine rings is 2. The van der Waals surface area contributed by atoms with Crippen LogP contribution in [0.4, 0.5) is 0 Å². The maximum atomic E-state index is 11.5. The fourth-order valence-corrected chi connectivity index (χ4v) is 7.88. The highest BCUT2D eigenvalue weighted by Crippen LogP contribution is 2.38. The Bertz CT molecular complexity index is 720. The molecule has 0 spiro atoms. The minimum atomic E-state index is -0.138. The molecule has 6 aliphatic rings. The maximum absolute atomic E-state index is 11.5. The lowest BCUT2D eigenvalue weighted by molar-refractivity contribution is -0.123. The molecule has 1 amide bonds. The van der Waals surface area contributed by atoms with Crippen LogP contribution in [0.15, 0.2) is 0 Å². The van der Waals surface area contributed by atoms with E-state index in [1.54, 1.807) is 0 Å². The SMILES string of the molecule is NC(=O)C1CCN(C2CC(C3NOC(C4CCCN4CC4CC5CCCCC5O4)N3)CCN2)CC1. The van der Waals surface area contributed by atoms with Crippen molar-refractivity contribution < 1.29 is 14.4 Å². The number of hydroxylamine groups is 1. The van der Waals surface area contributed by atoms with Crippen molar-refractivity contribution in [3.63, 3.8) is 0 Å². The summed E-state index contributed by atoms with van der Waals surface area (Å²) >= 11 is 0. The van der Waals surface area contributed by atoms with Crippen LogP contribution in [0.5, 0.6) is 0 Å². The van der Waals surface area contributed by atoms with E-state index in [9.17, 15) is 4.79 Å². The van der Waals surface area contributed by atoms with E-state index in [1.165, 1.54) is 44.9 Å². The van der Waals surface area contributed by atoms with Gasteiger partial charge in [0, 0.05) is 25.6 Å². The highest BCUT2D eigenvalue weighted by Gasteiger charge is 2.44. The van der Waals surface area contributed by atoms with Crippen LogP contribution in [-0.4, -0.2) is 85.2 Å². The van der Waals surface area contributed by atoms with Crippen molar-refractivity contribution in [2.45, 2.75) is 107 Å². The minimum absolute atomic E-state index is 0.0471. The molecule has 9 nitrogen and oxygen atoms in total. The summed E-state index contributed by atoms with van der Waals surface area (Å²) in [6.45, 7) is 5.13. The first kappa shape index (κ1) is 24.5. The molecule has 9 heteroatoms. The first-order valence-corrected chi connectivity index (χ1v) is 14.5. The van der Waals surface area contributed by atoms with E-state index < -0.39 is 0 Å². The fraction of sp³-hybridized carbons (Fsp3) is 0.962. The first-order chi connectivity index (χ1) is 17.1. The number of nitrogens with zero attached hydrogens (tertiary/aromatic N) is 2. The lowest BCUT2D eigenvalue weighted by atomic mass is 9.85. The van der Waals surface area contributed by atoms with Crippen molar-refractivity contribution in [3.8, 4) is 0 Å². The van der Waals surface area contributed by atoms with E-state index >= 15 is 0 Å². The van der Waals surface area contributed by atoms with Crippen LogP contribution in [0.3, 0.4) is 0 Å². The number of hydrogen-bond acceptors (Lipinski definition) is 8. The van der Waals surface area contributed by atoms with Gasteiger partial charge in [0.25, 0.3) is 0 Å². The monoisotopic (exact) mass is 490 g/mol. The Morgan fingerprint density at radius 3 is 2.63 bits per heavy atom. The van der Waals surface area contributed by atoms with Crippen LogP contribution in [0.1, 0.15) is 70.6 Å². The number of hydrogen-bond donors (Lipinski definition) is 4. The van der Waals surface area contributed by atoms with Crippen LogP contribution in [-0.2, 0) is 14.4 Å². The summed E-state index contributed by atoms with van der Waals surface area (Å²) in [6, 6.07) is 0.420. The average molecular weight is 491 g/mol. The number of amides is 1. The summed E-state index contributed by atoms with van der Waals surface area (Å²) in [7, 11) is 0. The number of nitrogens with one attached hydrogen (secondary N) is 3. The van der Waals surface area contributed by atoms with Gasteiger partial charge in [0.05, 0.1) is 30.6 Å². The summed E-state index contributed by atoms with van der Waals surface area (Å²) in [4.78, 5) is 22.9. The zero-order valence-corrected chi connectivity index (χ0v) is 21.2. The van der Waals surface area contributed by atoms with Gasteiger partial charge in [-0.2, -0.15) is 5.48 Å². The van der Waals surface area contributed by atoms with Crippen molar-refractivity contribution >= 4 is 5.91 Å². The number of carbonyl (C=O) groups is 1. The molecule has 5 heterocycles. The van der Waals surface area contributed by atoms with Crippen LogP contribution >= 0.6 is 0 Å². The minimum Gasteiger partial charge on any atom is -0.373 e. The number of carbonyl (C=O) groups excluding carboxylic acids is 1. The molecule has 198 valence electrons. The van der Waals surface area contributed by atoms with Crippen molar-refractivity contribution in [3.05, 3.63) is 0 Å². The number of ether oxygens (including phenoxy) is 1. The Morgan fingerprint density at radius 2 is 1.80 bits per heavy atom. The average Bonchev–Trinajstić information content (AvgIpc) is 3.63. The highest BCUT2D eigenvalue weighted by atomic mass is 16.7. The third-order valence-corrected chi connectivity index (χ3v) is 9.91. The molecule has 0 aromatic heterocycles. The summed E-state index contributed by atoms with van der Waals surface area (Å²) < 4.78 is 6.49. The Kier molecular flexibility index (Phi) is 7.63. The summed E-state index contributed by atoms with van der Waals surface area (Å²) in [5, 5.41) is 7.54. The number of primary amides is 1. The van der Waals surface area contributed by atoms with Gasteiger partial charge in [-0.3, -0.25) is 24.7 Å². The smallest absolute Gasteiger partial charge is 0.220 e. The second-order valence-electron chi connectivity index (χ2n) is 12.0. The standard InChI is InChI=1S/C26H46N6O3/c27-24(33)17-8-12-31(13-9-17)23-15-19(7-10-28-23)25-29-26(35-30-25)21-5-3-11-32(21)16-20-14-18-4-1-2-6-22(18)34-20/h17-23,25-26,28-30H,1-16H2,(H2,27,33). The zero-order valence-electron chi connectivity index (χ0n) is 21.2. The molecule has 0 radical (unpaired) electrons. The van der Waals surface area contributed by atoms with Crippen LogP contribution in [0.25, 0.3) is 0 Å². The topological polar surface area (TPSA) is 104 Å². The van der Waals surface area contributed by atoms with Gasteiger partial charge in [0.15, 0.2) is 0 Å². The highest BCUT2D eigenvalue weighted by molar-refractivity contribution is 5.76. The van der Waals surface area contributed by atoms with E-state index in [0.717, 1.165) is 64.3 Å². The van der Waals surface area contributed by atoms with E-state index in [2.05, 4.69) is 25.9 Å². The van der Waals surface area contributed by atoms with Crippen molar-refractivity contribution in [1.29, 1.82) is 0 Å². The van der Waals surface area contributed by atoms with Gasteiger partial charge in [-0.25, -0.2) is 0 Å². The van der Waals surface area contributed by atoms with Gasteiger partial charge in [-0.1, -0.05) is 12.8 Å². The van der Waals surface area contributed by atoms with E-state index in [4.69, 9.17) is 15.3 Å². The number of nitrogens with two attached hydrogens (primary N) is 1. The molecular weight excluding hydrogens is 444 g/mol. The number of rotatable bonds is 6. The van der Waals surface area contributed by atoms with Crippen LogP contribution in [0, 0.1) is 17.8 Å². The Hall–Kier alpha value is -0.810. The molecule has 35 heavy (non-hydrogen) atoms. The fourth-order valence-electron chi connectivity index (χ4n) is 7.88. The van der Waals surface area contributed by atoms with Gasteiger partial charge >= 0.3 is 0 Å².